The average Bonchev–Trinajstić information content (AvgIpc) is 3.18. The molecule has 138 valence electrons. The number of aromatic amines is 1. The van der Waals surface area contributed by atoms with Crippen molar-refractivity contribution >= 4 is 5.91 Å². The van der Waals surface area contributed by atoms with Gasteiger partial charge in [-0.15, -0.1) is 0 Å². The van der Waals surface area contributed by atoms with Crippen molar-refractivity contribution in [2.45, 2.75) is 39.2 Å². The highest BCUT2D eigenvalue weighted by atomic mass is 16.2. The molecule has 1 N–H and O–H groups in total. The second kappa shape index (κ2) is 7.31. The molecule has 4 rings (SSSR count). The van der Waals surface area contributed by atoms with E-state index in [9.17, 15) is 4.79 Å². The zero-order valence-corrected chi connectivity index (χ0v) is 15.6. The van der Waals surface area contributed by atoms with Gasteiger partial charge in [-0.05, 0) is 56.9 Å². The predicted octanol–water partition coefficient (Wildman–Crippen LogP) is 3.85. The van der Waals surface area contributed by atoms with E-state index in [1.165, 1.54) is 0 Å². The highest BCUT2D eigenvalue weighted by molar-refractivity contribution is 5.96. The maximum absolute atomic E-state index is 13.2. The van der Waals surface area contributed by atoms with Crippen LogP contribution in [0.1, 0.15) is 52.6 Å². The van der Waals surface area contributed by atoms with Crippen LogP contribution in [0.25, 0.3) is 11.4 Å². The van der Waals surface area contributed by atoms with Gasteiger partial charge in [-0.25, -0.2) is 4.98 Å². The Kier molecular flexibility index (Phi) is 4.71. The van der Waals surface area contributed by atoms with Crippen LogP contribution in [-0.4, -0.2) is 37.5 Å². The number of pyridine rings is 1. The summed E-state index contributed by atoms with van der Waals surface area (Å²) in [6.07, 6.45) is 6.44. The highest BCUT2D eigenvalue weighted by Crippen LogP contribution is 2.31. The molecule has 2 aromatic heterocycles. The number of carbonyl (C=O) groups excluding carboxylic acids is 1. The number of hydrogen-bond donors (Lipinski definition) is 1. The summed E-state index contributed by atoms with van der Waals surface area (Å²) in [7, 11) is 0. The molecule has 3 aromatic rings. The van der Waals surface area contributed by atoms with Gasteiger partial charge in [-0.2, -0.15) is 5.10 Å². The summed E-state index contributed by atoms with van der Waals surface area (Å²) >= 11 is 0. The quantitative estimate of drug-likeness (QED) is 0.769. The Balaban J connectivity index is 1.63. The molecular weight excluding hydrogens is 338 g/mol. The first-order valence-corrected chi connectivity index (χ1v) is 9.34. The summed E-state index contributed by atoms with van der Waals surface area (Å²) in [4.78, 5) is 24.0. The zero-order valence-electron chi connectivity index (χ0n) is 15.6. The molecule has 1 aliphatic heterocycles. The summed E-state index contributed by atoms with van der Waals surface area (Å²) in [6, 6.07) is 9.70. The van der Waals surface area contributed by atoms with E-state index in [1.807, 2.05) is 43.0 Å². The van der Waals surface area contributed by atoms with Crippen molar-refractivity contribution in [2.24, 2.45) is 0 Å². The largest absolute Gasteiger partial charge is 0.328 e. The lowest BCUT2D eigenvalue weighted by molar-refractivity contribution is 0.0599. The van der Waals surface area contributed by atoms with Crippen LogP contribution < -0.4 is 0 Å². The number of piperidine rings is 1. The minimum Gasteiger partial charge on any atom is -0.328 e. The smallest absolute Gasteiger partial charge is 0.254 e. The lowest BCUT2D eigenvalue weighted by atomic mass is 9.98. The number of aryl methyl sites for hydroxylation is 2. The Morgan fingerprint density at radius 2 is 2.11 bits per heavy atom. The SMILES string of the molecule is Cc1ccc(C(=O)N2CCCCC2c2nc(-c3cccnc3)n[nH]2)c(C)c1. The molecule has 0 bridgehead atoms. The van der Waals surface area contributed by atoms with E-state index in [-0.39, 0.29) is 11.9 Å². The zero-order chi connectivity index (χ0) is 18.8. The molecule has 1 saturated heterocycles. The number of likely N-dealkylation sites (tertiary alicyclic amines) is 1. The van der Waals surface area contributed by atoms with Gasteiger partial charge in [0.2, 0.25) is 0 Å². The number of benzene rings is 1. The summed E-state index contributed by atoms with van der Waals surface area (Å²) < 4.78 is 0. The summed E-state index contributed by atoms with van der Waals surface area (Å²) in [5, 5.41) is 7.39. The fourth-order valence-electron chi connectivity index (χ4n) is 3.71. The van der Waals surface area contributed by atoms with Crippen molar-refractivity contribution in [3.63, 3.8) is 0 Å². The molecule has 27 heavy (non-hydrogen) atoms. The van der Waals surface area contributed by atoms with Gasteiger partial charge in [0.05, 0.1) is 6.04 Å². The van der Waals surface area contributed by atoms with Gasteiger partial charge in [0.1, 0.15) is 5.82 Å². The number of amides is 1. The highest BCUT2D eigenvalue weighted by Gasteiger charge is 2.31. The fraction of sp³-hybridized carbons (Fsp3) is 0.333. The number of nitrogens with zero attached hydrogens (tertiary/aromatic N) is 4. The van der Waals surface area contributed by atoms with E-state index in [4.69, 9.17) is 0 Å². The Hall–Kier alpha value is -3.02. The molecule has 1 unspecified atom stereocenters. The van der Waals surface area contributed by atoms with Crippen molar-refractivity contribution in [3.8, 4) is 11.4 Å². The van der Waals surface area contributed by atoms with Crippen molar-refractivity contribution in [1.29, 1.82) is 0 Å². The van der Waals surface area contributed by atoms with Gasteiger partial charge < -0.3 is 4.90 Å². The van der Waals surface area contributed by atoms with E-state index in [2.05, 4.69) is 26.2 Å². The van der Waals surface area contributed by atoms with Gasteiger partial charge in [-0.3, -0.25) is 14.9 Å². The van der Waals surface area contributed by atoms with Crippen LogP contribution in [0, 0.1) is 13.8 Å². The Labute approximate surface area is 158 Å². The average molecular weight is 361 g/mol. The van der Waals surface area contributed by atoms with Gasteiger partial charge in [0, 0.05) is 30.1 Å². The Morgan fingerprint density at radius 3 is 2.89 bits per heavy atom. The number of H-pyrrole nitrogens is 1. The second-order valence-corrected chi connectivity index (χ2v) is 7.11. The number of hydrogen-bond acceptors (Lipinski definition) is 4. The van der Waals surface area contributed by atoms with Gasteiger partial charge >= 0.3 is 0 Å². The number of aromatic nitrogens is 4. The van der Waals surface area contributed by atoms with Crippen molar-refractivity contribution < 1.29 is 4.79 Å². The molecule has 0 aliphatic carbocycles. The molecule has 0 saturated carbocycles. The van der Waals surface area contributed by atoms with Crippen LogP contribution in [0.5, 0.6) is 0 Å². The number of carbonyl (C=O) groups is 1. The monoisotopic (exact) mass is 361 g/mol. The topological polar surface area (TPSA) is 74.8 Å². The van der Waals surface area contributed by atoms with Gasteiger partial charge in [0.15, 0.2) is 5.82 Å². The first kappa shape index (κ1) is 17.4. The van der Waals surface area contributed by atoms with E-state index in [1.54, 1.807) is 12.4 Å². The molecule has 1 fully saturated rings. The van der Waals surface area contributed by atoms with E-state index in [0.29, 0.717) is 5.82 Å². The normalized spacial score (nSPS) is 17.1. The molecule has 1 amide bonds. The van der Waals surface area contributed by atoms with Crippen LogP contribution in [0.3, 0.4) is 0 Å². The molecule has 0 radical (unpaired) electrons. The van der Waals surface area contributed by atoms with Crippen molar-refractivity contribution in [1.82, 2.24) is 25.1 Å². The number of rotatable bonds is 3. The fourth-order valence-corrected chi connectivity index (χ4v) is 3.71. The predicted molar refractivity (Wildman–Crippen MR) is 103 cm³/mol. The van der Waals surface area contributed by atoms with Crippen LogP contribution in [-0.2, 0) is 0 Å². The van der Waals surface area contributed by atoms with Crippen molar-refractivity contribution in [3.05, 3.63) is 65.2 Å². The third kappa shape index (κ3) is 3.47. The third-order valence-corrected chi connectivity index (χ3v) is 5.11. The Morgan fingerprint density at radius 1 is 1.22 bits per heavy atom. The van der Waals surface area contributed by atoms with Gasteiger partial charge in [-0.1, -0.05) is 17.7 Å². The molecule has 6 heteroatoms. The van der Waals surface area contributed by atoms with E-state index in [0.717, 1.165) is 53.9 Å². The third-order valence-electron chi connectivity index (χ3n) is 5.11. The standard InChI is InChI=1S/C21H23N5O/c1-14-8-9-17(15(2)12-14)21(27)26-11-4-3-7-18(26)20-23-19(24-25-20)16-6-5-10-22-13-16/h5-6,8-10,12-13,18H,3-4,7,11H2,1-2H3,(H,23,24,25). The molecule has 6 nitrogen and oxygen atoms in total. The lowest BCUT2D eigenvalue weighted by Gasteiger charge is -2.34. The van der Waals surface area contributed by atoms with E-state index >= 15 is 0 Å². The maximum atomic E-state index is 13.2. The molecule has 1 aromatic carbocycles. The van der Waals surface area contributed by atoms with Gasteiger partial charge in [0.25, 0.3) is 5.91 Å². The lowest BCUT2D eigenvalue weighted by Crippen LogP contribution is -2.39. The van der Waals surface area contributed by atoms with Crippen LogP contribution in [0.4, 0.5) is 0 Å². The van der Waals surface area contributed by atoms with Crippen LogP contribution in [0.2, 0.25) is 0 Å². The van der Waals surface area contributed by atoms with Crippen LogP contribution in [0.15, 0.2) is 42.7 Å². The molecular formula is C21H23N5O. The molecule has 0 spiro atoms. The second-order valence-electron chi connectivity index (χ2n) is 7.11. The minimum absolute atomic E-state index is 0.0662. The first-order valence-electron chi connectivity index (χ1n) is 9.34. The van der Waals surface area contributed by atoms with Crippen LogP contribution >= 0.6 is 0 Å². The van der Waals surface area contributed by atoms with Crippen molar-refractivity contribution in [2.75, 3.05) is 6.54 Å². The molecule has 3 heterocycles. The molecule has 1 aliphatic rings. The number of nitrogens with one attached hydrogen (secondary N) is 1. The first-order chi connectivity index (χ1) is 13.1. The minimum atomic E-state index is -0.0788. The summed E-state index contributed by atoms with van der Waals surface area (Å²) in [5.41, 5.74) is 3.80. The molecule has 1 atom stereocenters. The summed E-state index contributed by atoms with van der Waals surface area (Å²) in [5.74, 6) is 1.42. The maximum Gasteiger partial charge on any atom is 0.254 e. The Bertz CT molecular complexity index is 950. The summed E-state index contributed by atoms with van der Waals surface area (Å²) in [6.45, 7) is 4.77. The van der Waals surface area contributed by atoms with E-state index < -0.39 is 0 Å².